The van der Waals surface area contributed by atoms with Gasteiger partial charge in [0.2, 0.25) is 0 Å². The number of benzene rings is 3. The summed E-state index contributed by atoms with van der Waals surface area (Å²) in [5.41, 5.74) is 10.9. The maximum Gasteiger partial charge on any atom is 0.137 e. The van der Waals surface area contributed by atoms with Crippen molar-refractivity contribution >= 4 is 27.6 Å². The van der Waals surface area contributed by atoms with Crippen LogP contribution < -0.4 is 5.73 Å². The molecule has 1 aromatic heterocycles. The summed E-state index contributed by atoms with van der Waals surface area (Å²) in [6.07, 6.45) is 0. The van der Waals surface area contributed by atoms with E-state index in [9.17, 15) is 0 Å². The van der Waals surface area contributed by atoms with Gasteiger partial charge in [-0.2, -0.15) is 0 Å². The highest BCUT2D eigenvalue weighted by Crippen LogP contribution is 2.38. The molecule has 0 aliphatic carbocycles. The molecule has 0 saturated heterocycles. The summed E-state index contributed by atoms with van der Waals surface area (Å²) < 4.78 is 5.92. The first-order valence-electron chi connectivity index (χ1n) is 6.60. The Morgan fingerprint density at radius 1 is 0.650 bits per heavy atom. The van der Waals surface area contributed by atoms with Gasteiger partial charge >= 0.3 is 0 Å². The molecule has 0 aliphatic heterocycles. The van der Waals surface area contributed by atoms with Crippen molar-refractivity contribution in [2.24, 2.45) is 0 Å². The maximum atomic E-state index is 6.15. The second-order valence-electron chi connectivity index (χ2n) is 4.87. The van der Waals surface area contributed by atoms with Gasteiger partial charge in [0.05, 0.1) is 5.39 Å². The standard InChI is InChI=1S/C18H13NO/c19-14-9-5-11-16-18(14)17-13(8-4-10-15(17)20-16)12-6-2-1-3-7-12/h1-11H,19H2. The van der Waals surface area contributed by atoms with E-state index in [1.807, 2.05) is 48.5 Å². The van der Waals surface area contributed by atoms with Crippen LogP contribution in [0.25, 0.3) is 33.1 Å². The molecule has 96 valence electrons. The van der Waals surface area contributed by atoms with E-state index in [2.05, 4.69) is 18.2 Å². The van der Waals surface area contributed by atoms with Crippen LogP contribution in [-0.4, -0.2) is 0 Å². The van der Waals surface area contributed by atoms with Gasteiger partial charge in [-0.25, -0.2) is 0 Å². The number of furan rings is 1. The largest absolute Gasteiger partial charge is 0.456 e. The molecular formula is C18H13NO. The van der Waals surface area contributed by atoms with Crippen molar-refractivity contribution in [1.29, 1.82) is 0 Å². The van der Waals surface area contributed by atoms with Gasteiger partial charge in [-0.05, 0) is 29.3 Å². The first-order valence-corrected chi connectivity index (χ1v) is 6.60. The van der Waals surface area contributed by atoms with Crippen molar-refractivity contribution in [3.05, 3.63) is 66.7 Å². The lowest BCUT2D eigenvalue weighted by molar-refractivity contribution is 0.669. The molecule has 0 fully saturated rings. The Morgan fingerprint density at radius 3 is 2.15 bits per heavy atom. The first kappa shape index (κ1) is 11.1. The lowest BCUT2D eigenvalue weighted by Crippen LogP contribution is -1.85. The number of nitrogens with two attached hydrogens (primary N) is 1. The fraction of sp³-hybridized carbons (Fsp3) is 0. The number of nitrogen functional groups attached to an aromatic ring is 1. The molecule has 2 heteroatoms. The molecule has 0 spiro atoms. The minimum Gasteiger partial charge on any atom is -0.456 e. The van der Waals surface area contributed by atoms with Gasteiger partial charge in [0.25, 0.3) is 0 Å². The Hall–Kier alpha value is -2.74. The second kappa shape index (κ2) is 4.14. The Morgan fingerprint density at radius 2 is 1.35 bits per heavy atom. The molecule has 3 aromatic carbocycles. The summed E-state index contributed by atoms with van der Waals surface area (Å²) in [6, 6.07) is 22.2. The van der Waals surface area contributed by atoms with Crippen LogP contribution >= 0.6 is 0 Å². The van der Waals surface area contributed by atoms with Crippen LogP contribution in [-0.2, 0) is 0 Å². The number of rotatable bonds is 1. The van der Waals surface area contributed by atoms with Gasteiger partial charge in [-0.15, -0.1) is 0 Å². The molecule has 20 heavy (non-hydrogen) atoms. The third-order valence-corrected chi connectivity index (χ3v) is 3.64. The topological polar surface area (TPSA) is 39.2 Å². The van der Waals surface area contributed by atoms with E-state index in [0.717, 1.165) is 33.2 Å². The predicted octanol–water partition coefficient (Wildman–Crippen LogP) is 4.84. The molecular weight excluding hydrogens is 246 g/mol. The van der Waals surface area contributed by atoms with Crippen LogP contribution in [0.1, 0.15) is 0 Å². The van der Waals surface area contributed by atoms with Gasteiger partial charge in [-0.1, -0.05) is 48.5 Å². The lowest BCUT2D eigenvalue weighted by atomic mass is 9.99. The van der Waals surface area contributed by atoms with E-state index >= 15 is 0 Å². The molecule has 0 bridgehead atoms. The first-order chi connectivity index (χ1) is 9.84. The molecule has 0 saturated carbocycles. The summed E-state index contributed by atoms with van der Waals surface area (Å²) in [5.74, 6) is 0. The zero-order valence-electron chi connectivity index (χ0n) is 10.8. The van der Waals surface area contributed by atoms with Crippen LogP contribution in [0.3, 0.4) is 0 Å². The number of hydrogen-bond acceptors (Lipinski definition) is 2. The Balaban J connectivity index is 2.20. The summed E-state index contributed by atoms with van der Waals surface area (Å²) >= 11 is 0. The van der Waals surface area contributed by atoms with E-state index in [1.54, 1.807) is 0 Å². The highest BCUT2D eigenvalue weighted by molar-refractivity contribution is 6.16. The molecule has 0 unspecified atom stereocenters. The van der Waals surface area contributed by atoms with E-state index in [-0.39, 0.29) is 0 Å². The average molecular weight is 259 g/mol. The van der Waals surface area contributed by atoms with E-state index in [4.69, 9.17) is 10.2 Å². The summed E-state index contributed by atoms with van der Waals surface area (Å²) in [6.45, 7) is 0. The van der Waals surface area contributed by atoms with E-state index in [1.165, 1.54) is 5.56 Å². The third-order valence-electron chi connectivity index (χ3n) is 3.64. The van der Waals surface area contributed by atoms with Crippen molar-refractivity contribution in [3.8, 4) is 11.1 Å². The maximum absolute atomic E-state index is 6.15. The van der Waals surface area contributed by atoms with Gasteiger partial charge in [0.15, 0.2) is 0 Å². The number of anilines is 1. The fourth-order valence-electron chi connectivity index (χ4n) is 2.75. The highest BCUT2D eigenvalue weighted by Gasteiger charge is 2.13. The molecule has 2 nitrogen and oxygen atoms in total. The van der Waals surface area contributed by atoms with Crippen LogP contribution in [0.2, 0.25) is 0 Å². The van der Waals surface area contributed by atoms with Crippen LogP contribution in [0.15, 0.2) is 71.1 Å². The van der Waals surface area contributed by atoms with Gasteiger partial charge in [0, 0.05) is 11.1 Å². The van der Waals surface area contributed by atoms with Gasteiger partial charge < -0.3 is 10.2 Å². The molecule has 2 N–H and O–H groups in total. The summed E-state index contributed by atoms with van der Waals surface area (Å²) in [7, 11) is 0. The molecule has 1 heterocycles. The molecule has 0 radical (unpaired) electrons. The van der Waals surface area contributed by atoms with Crippen LogP contribution in [0.4, 0.5) is 5.69 Å². The average Bonchev–Trinajstić information content (AvgIpc) is 2.88. The van der Waals surface area contributed by atoms with Crippen molar-refractivity contribution in [1.82, 2.24) is 0 Å². The molecule has 4 aromatic rings. The van der Waals surface area contributed by atoms with Crippen LogP contribution in [0, 0.1) is 0 Å². The quantitative estimate of drug-likeness (QED) is 0.497. The van der Waals surface area contributed by atoms with Crippen molar-refractivity contribution < 1.29 is 4.42 Å². The van der Waals surface area contributed by atoms with Crippen molar-refractivity contribution in [2.75, 3.05) is 5.73 Å². The fourth-order valence-corrected chi connectivity index (χ4v) is 2.75. The Kier molecular flexibility index (Phi) is 2.30. The monoisotopic (exact) mass is 259 g/mol. The molecule has 0 aliphatic rings. The lowest BCUT2D eigenvalue weighted by Gasteiger charge is -2.04. The van der Waals surface area contributed by atoms with E-state index < -0.39 is 0 Å². The normalized spacial score (nSPS) is 11.2. The van der Waals surface area contributed by atoms with Crippen LogP contribution in [0.5, 0.6) is 0 Å². The second-order valence-corrected chi connectivity index (χ2v) is 4.87. The van der Waals surface area contributed by atoms with Crippen molar-refractivity contribution in [3.63, 3.8) is 0 Å². The molecule has 0 atom stereocenters. The minimum atomic E-state index is 0.754. The Labute approximate surface area is 116 Å². The number of hydrogen-bond donors (Lipinski definition) is 1. The predicted molar refractivity (Wildman–Crippen MR) is 83.6 cm³/mol. The number of fused-ring (bicyclic) bond motifs is 3. The smallest absolute Gasteiger partial charge is 0.137 e. The minimum absolute atomic E-state index is 0.754. The molecule has 4 rings (SSSR count). The van der Waals surface area contributed by atoms with E-state index in [0.29, 0.717) is 0 Å². The zero-order valence-corrected chi connectivity index (χ0v) is 10.8. The van der Waals surface area contributed by atoms with Crippen molar-refractivity contribution in [2.45, 2.75) is 0 Å². The zero-order chi connectivity index (χ0) is 13.5. The summed E-state index contributed by atoms with van der Waals surface area (Å²) in [5, 5.41) is 2.09. The third kappa shape index (κ3) is 1.51. The SMILES string of the molecule is Nc1cccc2oc3cccc(-c4ccccc4)c3c12. The molecule has 0 amide bonds. The summed E-state index contributed by atoms with van der Waals surface area (Å²) in [4.78, 5) is 0. The van der Waals surface area contributed by atoms with Gasteiger partial charge in [-0.3, -0.25) is 0 Å². The van der Waals surface area contributed by atoms with Gasteiger partial charge in [0.1, 0.15) is 11.2 Å². The highest BCUT2D eigenvalue weighted by atomic mass is 16.3. The Bertz CT molecular complexity index is 907.